The van der Waals surface area contributed by atoms with Crippen LogP contribution in [0.5, 0.6) is 5.75 Å². The summed E-state index contributed by atoms with van der Waals surface area (Å²) in [5.74, 6) is -0.236. The Morgan fingerprint density at radius 2 is 1.97 bits per heavy atom. The molecule has 0 radical (unpaired) electrons. The van der Waals surface area contributed by atoms with E-state index in [4.69, 9.17) is 14.2 Å². The van der Waals surface area contributed by atoms with Gasteiger partial charge in [0.05, 0.1) is 19.6 Å². The van der Waals surface area contributed by atoms with E-state index >= 15 is 0 Å². The van der Waals surface area contributed by atoms with Crippen LogP contribution >= 0.6 is 0 Å². The van der Waals surface area contributed by atoms with Crippen LogP contribution in [0.4, 0.5) is 4.79 Å². The van der Waals surface area contributed by atoms with Crippen molar-refractivity contribution in [2.75, 3.05) is 20.3 Å². The van der Waals surface area contributed by atoms with E-state index in [0.29, 0.717) is 37.2 Å². The topological polar surface area (TPSA) is 95.8 Å². The molecule has 0 saturated carbocycles. The quantitative estimate of drug-likeness (QED) is 0.475. The highest BCUT2D eigenvalue weighted by Crippen LogP contribution is 2.34. The molecule has 1 aliphatic heterocycles. The van der Waals surface area contributed by atoms with Gasteiger partial charge in [-0.2, -0.15) is 0 Å². The zero-order valence-electron chi connectivity index (χ0n) is 21.8. The SMILES string of the molecule is CCOC(=O)C(Cc1cccc2c1CCN(C(=O)OC(C)(C)C)C2)c1cc(OC)c2c(c1)nnn2C. The maximum absolute atomic E-state index is 13.2. The minimum atomic E-state index is -0.544. The summed E-state index contributed by atoms with van der Waals surface area (Å²) in [5, 5.41) is 8.33. The third-order valence-electron chi connectivity index (χ3n) is 6.32. The van der Waals surface area contributed by atoms with Crippen molar-refractivity contribution >= 4 is 23.1 Å². The molecule has 4 rings (SSSR count). The Morgan fingerprint density at radius 1 is 1.19 bits per heavy atom. The molecular weight excluding hydrogens is 460 g/mol. The number of aryl methyl sites for hydroxylation is 1. The molecule has 36 heavy (non-hydrogen) atoms. The first-order valence-corrected chi connectivity index (χ1v) is 12.2. The fraction of sp³-hybridized carbons (Fsp3) is 0.481. The summed E-state index contributed by atoms with van der Waals surface area (Å²) in [5.41, 5.74) is 4.94. The number of amides is 1. The smallest absolute Gasteiger partial charge is 0.410 e. The first-order chi connectivity index (χ1) is 17.1. The van der Waals surface area contributed by atoms with Gasteiger partial charge in [0.2, 0.25) is 0 Å². The van der Waals surface area contributed by atoms with Gasteiger partial charge in [0, 0.05) is 20.1 Å². The largest absolute Gasteiger partial charge is 0.494 e. The summed E-state index contributed by atoms with van der Waals surface area (Å²) < 4.78 is 18.3. The van der Waals surface area contributed by atoms with Crippen molar-refractivity contribution in [3.05, 3.63) is 52.6 Å². The van der Waals surface area contributed by atoms with Crippen LogP contribution < -0.4 is 4.74 Å². The maximum Gasteiger partial charge on any atom is 0.410 e. The van der Waals surface area contributed by atoms with Gasteiger partial charge < -0.3 is 19.1 Å². The third kappa shape index (κ3) is 5.29. The summed E-state index contributed by atoms with van der Waals surface area (Å²) in [6, 6.07) is 9.80. The zero-order valence-corrected chi connectivity index (χ0v) is 21.8. The average Bonchev–Trinajstić information content (AvgIpc) is 3.21. The van der Waals surface area contributed by atoms with Crippen LogP contribution in [0.1, 0.15) is 55.9 Å². The monoisotopic (exact) mass is 494 g/mol. The zero-order chi connectivity index (χ0) is 26.0. The standard InChI is InChI=1S/C27H34N4O5/c1-7-35-25(32)21(19-14-22-24(23(15-19)34-6)30(5)29-28-22)13-17-9-8-10-18-16-31(12-11-20(17)18)26(33)36-27(2,3)4/h8-10,14-15,21H,7,11-13,16H2,1-6H3. The summed E-state index contributed by atoms with van der Waals surface area (Å²) in [6.45, 7) is 8.72. The fourth-order valence-electron chi connectivity index (χ4n) is 4.69. The van der Waals surface area contributed by atoms with E-state index in [1.165, 1.54) is 5.56 Å². The van der Waals surface area contributed by atoms with Gasteiger partial charge in [-0.15, -0.1) is 5.10 Å². The molecule has 192 valence electrons. The number of carbonyl (C=O) groups is 2. The first kappa shape index (κ1) is 25.5. The van der Waals surface area contributed by atoms with Crippen LogP contribution in [0.15, 0.2) is 30.3 Å². The van der Waals surface area contributed by atoms with Gasteiger partial charge in [0.25, 0.3) is 0 Å². The second-order valence-corrected chi connectivity index (χ2v) is 10.0. The molecule has 9 nitrogen and oxygen atoms in total. The fourth-order valence-corrected chi connectivity index (χ4v) is 4.69. The molecular formula is C27H34N4O5. The molecule has 3 aromatic rings. The van der Waals surface area contributed by atoms with Gasteiger partial charge in [-0.05, 0) is 74.9 Å². The number of benzene rings is 2. The molecule has 2 aromatic carbocycles. The number of carbonyl (C=O) groups excluding carboxylic acids is 2. The van der Waals surface area contributed by atoms with Crippen molar-refractivity contribution in [3.8, 4) is 5.75 Å². The molecule has 9 heteroatoms. The van der Waals surface area contributed by atoms with Crippen molar-refractivity contribution in [2.45, 2.75) is 58.6 Å². The number of hydrogen-bond donors (Lipinski definition) is 0. The molecule has 1 aromatic heterocycles. The molecule has 0 fully saturated rings. The Morgan fingerprint density at radius 3 is 2.67 bits per heavy atom. The molecule has 2 heterocycles. The third-order valence-corrected chi connectivity index (χ3v) is 6.32. The van der Waals surface area contributed by atoms with Crippen LogP contribution in [0.2, 0.25) is 0 Å². The van der Waals surface area contributed by atoms with E-state index in [9.17, 15) is 9.59 Å². The predicted molar refractivity (Wildman–Crippen MR) is 135 cm³/mol. The van der Waals surface area contributed by atoms with Gasteiger partial charge in [0.15, 0.2) is 0 Å². The minimum Gasteiger partial charge on any atom is -0.494 e. The molecule has 0 spiro atoms. The van der Waals surface area contributed by atoms with Crippen molar-refractivity contribution in [2.24, 2.45) is 7.05 Å². The van der Waals surface area contributed by atoms with Gasteiger partial charge in [0.1, 0.15) is 22.4 Å². The Bertz CT molecular complexity index is 1280. The molecule has 0 saturated heterocycles. The molecule has 1 unspecified atom stereocenters. The van der Waals surface area contributed by atoms with Crippen molar-refractivity contribution in [1.29, 1.82) is 0 Å². The predicted octanol–water partition coefficient (Wildman–Crippen LogP) is 4.16. The molecule has 1 amide bonds. The Hall–Kier alpha value is -3.62. The van der Waals surface area contributed by atoms with Crippen LogP contribution in [-0.4, -0.2) is 57.8 Å². The van der Waals surface area contributed by atoms with Gasteiger partial charge >= 0.3 is 12.1 Å². The van der Waals surface area contributed by atoms with E-state index in [0.717, 1.165) is 22.2 Å². The Labute approximate surface area is 211 Å². The minimum absolute atomic E-state index is 0.289. The number of esters is 1. The Balaban J connectivity index is 1.66. The molecule has 1 aliphatic rings. The number of ether oxygens (including phenoxy) is 3. The molecule has 1 atom stereocenters. The lowest BCUT2D eigenvalue weighted by atomic mass is 9.86. The van der Waals surface area contributed by atoms with Crippen LogP contribution in [0, 0.1) is 0 Å². The number of nitrogens with zero attached hydrogens (tertiary/aromatic N) is 4. The number of rotatable bonds is 6. The lowest BCUT2D eigenvalue weighted by Gasteiger charge is -2.32. The highest BCUT2D eigenvalue weighted by Gasteiger charge is 2.30. The lowest BCUT2D eigenvalue weighted by Crippen LogP contribution is -2.40. The number of aromatic nitrogens is 3. The number of methoxy groups -OCH3 is 1. The van der Waals surface area contributed by atoms with Gasteiger partial charge in [-0.1, -0.05) is 23.4 Å². The molecule has 0 bridgehead atoms. The summed E-state index contributed by atoms with van der Waals surface area (Å²) in [7, 11) is 3.39. The van der Waals surface area contributed by atoms with E-state index in [1.807, 2.05) is 51.1 Å². The second kappa shape index (κ2) is 10.2. The Kier molecular flexibility index (Phi) is 7.19. The number of hydrogen-bond acceptors (Lipinski definition) is 7. The van der Waals surface area contributed by atoms with E-state index in [1.54, 1.807) is 30.7 Å². The highest BCUT2D eigenvalue weighted by molar-refractivity contribution is 5.86. The summed E-state index contributed by atoms with van der Waals surface area (Å²) in [4.78, 5) is 27.5. The number of fused-ring (bicyclic) bond motifs is 2. The van der Waals surface area contributed by atoms with Crippen LogP contribution in [0.25, 0.3) is 11.0 Å². The summed E-state index contributed by atoms with van der Waals surface area (Å²) in [6.07, 6.45) is 0.836. The van der Waals surface area contributed by atoms with Crippen molar-refractivity contribution in [3.63, 3.8) is 0 Å². The normalized spacial score (nSPS) is 14.3. The van der Waals surface area contributed by atoms with Gasteiger partial charge in [-0.3, -0.25) is 4.79 Å². The van der Waals surface area contributed by atoms with E-state index in [-0.39, 0.29) is 18.7 Å². The van der Waals surface area contributed by atoms with Crippen LogP contribution in [-0.2, 0) is 40.7 Å². The summed E-state index contributed by atoms with van der Waals surface area (Å²) >= 11 is 0. The van der Waals surface area contributed by atoms with Crippen LogP contribution in [0.3, 0.4) is 0 Å². The van der Waals surface area contributed by atoms with E-state index in [2.05, 4.69) is 10.3 Å². The van der Waals surface area contributed by atoms with Crippen molar-refractivity contribution < 1.29 is 23.8 Å². The molecule has 0 N–H and O–H groups in total. The molecule has 0 aliphatic carbocycles. The second-order valence-electron chi connectivity index (χ2n) is 10.0. The first-order valence-electron chi connectivity index (χ1n) is 12.2. The lowest BCUT2D eigenvalue weighted by molar-refractivity contribution is -0.144. The maximum atomic E-state index is 13.2. The van der Waals surface area contributed by atoms with Crippen molar-refractivity contribution in [1.82, 2.24) is 19.9 Å². The average molecular weight is 495 g/mol. The van der Waals surface area contributed by atoms with Gasteiger partial charge in [-0.25, -0.2) is 9.48 Å². The van der Waals surface area contributed by atoms with E-state index < -0.39 is 11.5 Å². The highest BCUT2D eigenvalue weighted by atomic mass is 16.6.